The molecule has 1 unspecified atom stereocenters. The number of nitrogens with zero attached hydrogens (tertiary/aromatic N) is 1. The van der Waals surface area contributed by atoms with Gasteiger partial charge in [0.2, 0.25) is 0 Å². The lowest BCUT2D eigenvalue weighted by Gasteiger charge is -2.28. The van der Waals surface area contributed by atoms with Crippen molar-refractivity contribution in [2.75, 3.05) is 0 Å². The maximum Gasteiger partial charge on any atom is 0.251 e. The zero-order valence-corrected chi connectivity index (χ0v) is 10.3. The normalized spacial score (nSPS) is 16.9. The molecule has 1 aromatic rings. The van der Waals surface area contributed by atoms with Gasteiger partial charge in [0.05, 0.1) is 6.04 Å². The molecule has 0 fully saturated rings. The molecule has 1 aromatic carbocycles. The van der Waals surface area contributed by atoms with Crippen LogP contribution in [0.15, 0.2) is 24.3 Å². The van der Waals surface area contributed by atoms with Crippen LogP contribution in [0.5, 0.6) is 0 Å². The number of hydrogen-bond acceptors (Lipinski definition) is 3. The molecule has 1 amide bonds. The standard InChI is InChI=1S/C13H19N3O/c1-9(2)12(13(17)15-14)16-7-10-5-3-4-6-11(10)8-16/h3-6,9,12H,7-8,14H2,1-2H3,(H,15,17). The number of hydrogen-bond donors (Lipinski definition) is 2. The first-order valence-corrected chi connectivity index (χ1v) is 5.94. The van der Waals surface area contributed by atoms with Crippen molar-refractivity contribution < 1.29 is 4.79 Å². The number of fused-ring (bicyclic) bond motifs is 1. The molecule has 0 radical (unpaired) electrons. The highest BCUT2D eigenvalue weighted by molar-refractivity contribution is 5.81. The van der Waals surface area contributed by atoms with E-state index in [0.29, 0.717) is 0 Å². The maximum atomic E-state index is 11.8. The van der Waals surface area contributed by atoms with Crippen LogP contribution in [-0.2, 0) is 17.9 Å². The molecule has 2 rings (SSSR count). The molecular formula is C13H19N3O. The molecule has 1 heterocycles. The third-order valence-corrected chi connectivity index (χ3v) is 3.30. The molecule has 1 atom stereocenters. The predicted molar refractivity (Wildman–Crippen MR) is 66.6 cm³/mol. The number of nitrogens with two attached hydrogens (primary N) is 1. The second-order valence-electron chi connectivity index (χ2n) is 4.87. The Balaban J connectivity index is 2.17. The van der Waals surface area contributed by atoms with Crippen LogP contribution in [0.1, 0.15) is 25.0 Å². The van der Waals surface area contributed by atoms with Gasteiger partial charge in [-0.1, -0.05) is 38.1 Å². The van der Waals surface area contributed by atoms with Crippen LogP contribution in [0.2, 0.25) is 0 Å². The molecule has 4 heteroatoms. The van der Waals surface area contributed by atoms with Crippen molar-refractivity contribution in [3.63, 3.8) is 0 Å². The van der Waals surface area contributed by atoms with Crippen molar-refractivity contribution in [2.24, 2.45) is 11.8 Å². The van der Waals surface area contributed by atoms with Gasteiger partial charge in [-0.25, -0.2) is 5.84 Å². The summed E-state index contributed by atoms with van der Waals surface area (Å²) in [6.45, 7) is 5.74. The van der Waals surface area contributed by atoms with Crippen LogP contribution in [0.4, 0.5) is 0 Å². The zero-order chi connectivity index (χ0) is 12.4. The number of nitrogens with one attached hydrogen (secondary N) is 1. The minimum atomic E-state index is -0.160. The molecule has 92 valence electrons. The summed E-state index contributed by atoms with van der Waals surface area (Å²) >= 11 is 0. The fourth-order valence-corrected chi connectivity index (χ4v) is 2.53. The van der Waals surface area contributed by atoms with Gasteiger partial charge in [-0.15, -0.1) is 0 Å². The Bertz CT molecular complexity index is 392. The second kappa shape index (κ2) is 4.85. The van der Waals surface area contributed by atoms with Gasteiger partial charge in [-0.2, -0.15) is 0 Å². The van der Waals surface area contributed by atoms with Crippen LogP contribution < -0.4 is 11.3 Å². The van der Waals surface area contributed by atoms with Gasteiger partial charge in [0.25, 0.3) is 5.91 Å². The van der Waals surface area contributed by atoms with E-state index in [2.05, 4.69) is 22.5 Å². The van der Waals surface area contributed by atoms with E-state index >= 15 is 0 Å². The fraction of sp³-hybridized carbons (Fsp3) is 0.462. The second-order valence-corrected chi connectivity index (χ2v) is 4.87. The van der Waals surface area contributed by atoms with Crippen molar-refractivity contribution >= 4 is 5.91 Å². The quantitative estimate of drug-likeness (QED) is 0.465. The molecule has 3 N–H and O–H groups in total. The van der Waals surface area contributed by atoms with Crippen LogP contribution in [0.3, 0.4) is 0 Å². The summed E-state index contributed by atoms with van der Waals surface area (Å²) in [5.74, 6) is 5.40. The van der Waals surface area contributed by atoms with Crippen LogP contribution >= 0.6 is 0 Å². The number of hydrazine groups is 1. The maximum absolute atomic E-state index is 11.8. The highest BCUT2D eigenvalue weighted by Crippen LogP contribution is 2.26. The van der Waals surface area contributed by atoms with E-state index in [1.807, 2.05) is 26.0 Å². The molecule has 1 aliphatic rings. The van der Waals surface area contributed by atoms with Crippen molar-refractivity contribution in [2.45, 2.75) is 33.0 Å². The Labute approximate surface area is 102 Å². The summed E-state index contributed by atoms with van der Waals surface area (Å²) in [5, 5.41) is 0. The lowest BCUT2D eigenvalue weighted by molar-refractivity contribution is -0.128. The van der Waals surface area contributed by atoms with E-state index in [1.165, 1.54) is 11.1 Å². The van der Waals surface area contributed by atoms with Crippen molar-refractivity contribution in [3.05, 3.63) is 35.4 Å². The SMILES string of the molecule is CC(C)C(C(=O)NN)N1Cc2ccccc2C1. The van der Waals surface area contributed by atoms with Gasteiger partial charge in [-0.05, 0) is 17.0 Å². The van der Waals surface area contributed by atoms with Crippen LogP contribution in [0, 0.1) is 5.92 Å². The van der Waals surface area contributed by atoms with E-state index in [-0.39, 0.29) is 17.9 Å². The first-order valence-electron chi connectivity index (χ1n) is 5.94. The fourth-order valence-electron chi connectivity index (χ4n) is 2.53. The van der Waals surface area contributed by atoms with Gasteiger partial charge in [0, 0.05) is 13.1 Å². The number of benzene rings is 1. The molecule has 0 aliphatic carbocycles. The topological polar surface area (TPSA) is 58.4 Å². The molecule has 1 aliphatic heterocycles. The predicted octanol–water partition coefficient (Wildman–Crippen LogP) is 1.02. The Morgan fingerprint density at radius 3 is 2.24 bits per heavy atom. The molecule has 0 aromatic heterocycles. The number of carbonyl (C=O) groups is 1. The zero-order valence-electron chi connectivity index (χ0n) is 10.3. The van der Waals surface area contributed by atoms with Gasteiger partial charge in [0.1, 0.15) is 0 Å². The Kier molecular flexibility index (Phi) is 3.45. The smallest absolute Gasteiger partial charge is 0.251 e. The van der Waals surface area contributed by atoms with E-state index in [1.54, 1.807) is 0 Å². The summed E-state index contributed by atoms with van der Waals surface area (Å²) in [5.41, 5.74) is 4.89. The highest BCUT2D eigenvalue weighted by Gasteiger charge is 2.32. The van der Waals surface area contributed by atoms with Crippen LogP contribution in [-0.4, -0.2) is 16.8 Å². The lowest BCUT2D eigenvalue weighted by atomic mass is 10.0. The van der Waals surface area contributed by atoms with Crippen molar-refractivity contribution in [1.82, 2.24) is 10.3 Å². The number of amides is 1. The Morgan fingerprint density at radius 2 is 1.82 bits per heavy atom. The van der Waals surface area contributed by atoms with Gasteiger partial charge in [-0.3, -0.25) is 15.1 Å². The third-order valence-electron chi connectivity index (χ3n) is 3.30. The first-order chi connectivity index (χ1) is 8.13. The van der Waals surface area contributed by atoms with Gasteiger partial charge >= 0.3 is 0 Å². The monoisotopic (exact) mass is 233 g/mol. The minimum Gasteiger partial charge on any atom is -0.293 e. The molecule has 17 heavy (non-hydrogen) atoms. The van der Waals surface area contributed by atoms with Crippen molar-refractivity contribution in [1.29, 1.82) is 0 Å². The summed E-state index contributed by atoms with van der Waals surface area (Å²) in [6, 6.07) is 8.15. The van der Waals surface area contributed by atoms with E-state index in [4.69, 9.17) is 5.84 Å². The molecule has 4 nitrogen and oxygen atoms in total. The Morgan fingerprint density at radius 1 is 1.29 bits per heavy atom. The summed E-state index contributed by atoms with van der Waals surface area (Å²) in [4.78, 5) is 14.0. The average molecular weight is 233 g/mol. The van der Waals surface area contributed by atoms with E-state index < -0.39 is 0 Å². The first kappa shape index (κ1) is 12.1. The van der Waals surface area contributed by atoms with Gasteiger partial charge < -0.3 is 0 Å². The number of carbonyl (C=O) groups excluding carboxylic acids is 1. The third kappa shape index (κ3) is 2.33. The lowest BCUT2D eigenvalue weighted by Crippen LogP contribution is -2.49. The molecule has 0 saturated carbocycles. The average Bonchev–Trinajstić information content (AvgIpc) is 2.71. The highest BCUT2D eigenvalue weighted by atomic mass is 16.2. The van der Waals surface area contributed by atoms with E-state index in [9.17, 15) is 4.79 Å². The van der Waals surface area contributed by atoms with Gasteiger partial charge in [0.15, 0.2) is 0 Å². The van der Waals surface area contributed by atoms with Crippen LogP contribution in [0.25, 0.3) is 0 Å². The largest absolute Gasteiger partial charge is 0.293 e. The molecule has 0 spiro atoms. The molecular weight excluding hydrogens is 214 g/mol. The van der Waals surface area contributed by atoms with Crippen molar-refractivity contribution in [3.8, 4) is 0 Å². The summed E-state index contributed by atoms with van der Waals surface area (Å²) in [7, 11) is 0. The minimum absolute atomic E-state index is 0.104. The molecule has 0 saturated heterocycles. The summed E-state index contributed by atoms with van der Waals surface area (Å²) in [6.07, 6.45) is 0. The Hall–Kier alpha value is -1.39. The summed E-state index contributed by atoms with van der Waals surface area (Å²) < 4.78 is 0. The molecule has 0 bridgehead atoms. The van der Waals surface area contributed by atoms with E-state index in [0.717, 1.165) is 13.1 Å². The number of rotatable bonds is 3.